The van der Waals surface area contributed by atoms with Crippen molar-refractivity contribution in [3.8, 4) is 0 Å². The maximum atomic E-state index is 13.9. The molecule has 0 bridgehead atoms. The van der Waals surface area contributed by atoms with Gasteiger partial charge in [0.15, 0.2) is 0 Å². The number of hydrogen-bond donors (Lipinski definition) is 1. The van der Waals surface area contributed by atoms with E-state index < -0.39 is 34.3 Å². The summed E-state index contributed by atoms with van der Waals surface area (Å²) in [5, 5.41) is 3.03. The summed E-state index contributed by atoms with van der Waals surface area (Å²) in [4.78, 5) is 28.6. The lowest BCUT2D eigenvalue weighted by Crippen LogP contribution is -2.53. The van der Waals surface area contributed by atoms with Crippen molar-refractivity contribution in [3.63, 3.8) is 0 Å². The molecule has 0 saturated heterocycles. The molecule has 1 unspecified atom stereocenters. The molecule has 1 N–H and O–H groups in total. The highest BCUT2D eigenvalue weighted by atomic mass is 35.5. The first-order chi connectivity index (χ1) is 18.1. The Balaban J connectivity index is 2.04. The van der Waals surface area contributed by atoms with Crippen LogP contribution in [0, 0.1) is 5.82 Å². The summed E-state index contributed by atoms with van der Waals surface area (Å²) < 4.78 is 40.0. The molecular formula is C28H31ClFN3O4S. The van der Waals surface area contributed by atoms with Crippen molar-refractivity contribution in [2.24, 2.45) is 0 Å². The maximum Gasteiger partial charge on any atom is 0.244 e. The minimum absolute atomic E-state index is 0.0315. The molecule has 0 fully saturated rings. The Morgan fingerprint density at radius 3 is 2.18 bits per heavy atom. The number of anilines is 1. The fraction of sp³-hybridized carbons (Fsp3) is 0.286. The van der Waals surface area contributed by atoms with Crippen LogP contribution in [0.1, 0.15) is 24.5 Å². The topological polar surface area (TPSA) is 86.8 Å². The zero-order valence-corrected chi connectivity index (χ0v) is 22.9. The standard InChI is InChI=1S/C28H31ClFN3O4S/c1-3-17-31-28(35)26(18-21-9-5-4-6-10-21)32(19-22-13-15-23(30)16-14-22)27(34)20-33(38(2,36)37)25-12-8-7-11-24(25)29/h4-16,26H,3,17-20H2,1-2H3,(H,31,35). The van der Waals surface area contributed by atoms with E-state index in [1.54, 1.807) is 12.1 Å². The lowest BCUT2D eigenvalue weighted by atomic mass is 10.0. The van der Waals surface area contributed by atoms with Crippen LogP contribution in [0.3, 0.4) is 0 Å². The molecule has 0 aliphatic carbocycles. The number of carbonyl (C=O) groups is 2. The molecule has 38 heavy (non-hydrogen) atoms. The smallest absolute Gasteiger partial charge is 0.244 e. The number of nitrogens with one attached hydrogen (secondary N) is 1. The van der Waals surface area contributed by atoms with Crippen LogP contribution in [-0.4, -0.2) is 50.5 Å². The fourth-order valence-electron chi connectivity index (χ4n) is 3.96. The highest BCUT2D eigenvalue weighted by molar-refractivity contribution is 7.92. The average Bonchev–Trinajstić information content (AvgIpc) is 2.89. The molecule has 3 rings (SSSR count). The molecule has 0 radical (unpaired) electrons. The monoisotopic (exact) mass is 559 g/mol. The van der Waals surface area contributed by atoms with Crippen LogP contribution in [0.25, 0.3) is 0 Å². The largest absolute Gasteiger partial charge is 0.354 e. The first kappa shape index (κ1) is 29.1. The molecule has 3 aromatic carbocycles. The number of rotatable bonds is 12. The molecule has 3 aromatic rings. The second-order valence-electron chi connectivity index (χ2n) is 8.87. The number of nitrogens with zero attached hydrogens (tertiary/aromatic N) is 2. The normalized spacial score (nSPS) is 12.0. The van der Waals surface area contributed by atoms with E-state index in [1.165, 1.54) is 41.3 Å². The van der Waals surface area contributed by atoms with E-state index in [1.807, 2.05) is 37.3 Å². The lowest BCUT2D eigenvalue weighted by Gasteiger charge is -2.33. The molecule has 2 amide bonds. The molecule has 0 spiro atoms. The number of sulfonamides is 1. The van der Waals surface area contributed by atoms with Gasteiger partial charge in [-0.1, -0.05) is 73.1 Å². The number of halogens is 2. The molecule has 10 heteroatoms. The van der Waals surface area contributed by atoms with Crippen molar-refractivity contribution in [3.05, 3.63) is 101 Å². The third kappa shape index (κ3) is 8.03. The molecule has 0 saturated carbocycles. The van der Waals surface area contributed by atoms with Gasteiger partial charge >= 0.3 is 0 Å². The summed E-state index contributed by atoms with van der Waals surface area (Å²) in [6.45, 7) is 1.73. The van der Waals surface area contributed by atoms with E-state index in [0.29, 0.717) is 18.5 Å². The Kier molecular flexibility index (Phi) is 10.3. The average molecular weight is 560 g/mol. The van der Waals surface area contributed by atoms with E-state index in [9.17, 15) is 22.4 Å². The van der Waals surface area contributed by atoms with Crippen molar-refractivity contribution in [2.45, 2.75) is 32.4 Å². The highest BCUT2D eigenvalue weighted by Gasteiger charge is 2.33. The Bertz CT molecular complexity index is 1340. The van der Waals surface area contributed by atoms with Gasteiger partial charge < -0.3 is 10.2 Å². The number of para-hydroxylation sites is 1. The van der Waals surface area contributed by atoms with Crippen LogP contribution in [-0.2, 0) is 32.6 Å². The zero-order valence-electron chi connectivity index (χ0n) is 21.3. The van der Waals surface area contributed by atoms with Gasteiger partial charge in [-0.3, -0.25) is 13.9 Å². The summed E-state index contributed by atoms with van der Waals surface area (Å²) in [6.07, 6.45) is 1.89. The highest BCUT2D eigenvalue weighted by Crippen LogP contribution is 2.27. The zero-order chi connectivity index (χ0) is 27.7. The molecule has 202 valence electrons. The van der Waals surface area contributed by atoms with E-state index in [2.05, 4.69) is 5.32 Å². The fourth-order valence-corrected chi connectivity index (χ4v) is 5.10. The van der Waals surface area contributed by atoms with E-state index in [4.69, 9.17) is 11.6 Å². The van der Waals surface area contributed by atoms with Gasteiger partial charge in [-0.25, -0.2) is 12.8 Å². The van der Waals surface area contributed by atoms with Crippen molar-refractivity contribution in [1.82, 2.24) is 10.2 Å². The van der Waals surface area contributed by atoms with Crippen molar-refractivity contribution >= 4 is 39.1 Å². The molecule has 1 atom stereocenters. The third-order valence-corrected chi connectivity index (χ3v) is 7.33. The van der Waals surface area contributed by atoms with Gasteiger partial charge in [0.1, 0.15) is 18.4 Å². The summed E-state index contributed by atoms with van der Waals surface area (Å²) in [6, 6.07) is 20.2. The molecule has 0 aliphatic rings. The van der Waals surface area contributed by atoms with Gasteiger partial charge in [-0.2, -0.15) is 0 Å². The Labute approximate surface area is 228 Å². The number of amides is 2. The van der Waals surface area contributed by atoms with Crippen LogP contribution in [0.15, 0.2) is 78.9 Å². The maximum absolute atomic E-state index is 13.9. The lowest BCUT2D eigenvalue weighted by molar-refractivity contribution is -0.140. The summed E-state index contributed by atoms with van der Waals surface area (Å²) >= 11 is 6.28. The van der Waals surface area contributed by atoms with Gasteiger partial charge in [-0.15, -0.1) is 0 Å². The van der Waals surface area contributed by atoms with E-state index in [-0.39, 0.29) is 29.6 Å². The third-order valence-electron chi connectivity index (χ3n) is 5.89. The SMILES string of the molecule is CCCNC(=O)C(Cc1ccccc1)N(Cc1ccc(F)cc1)C(=O)CN(c1ccccc1Cl)S(C)(=O)=O. The number of carbonyl (C=O) groups excluding carboxylic acids is 2. The predicted octanol–water partition coefficient (Wildman–Crippen LogP) is 4.41. The second kappa shape index (κ2) is 13.4. The van der Waals surface area contributed by atoms with Gasteiger partial charge in [-0.05, 0) is 41.8 Å². The molecule has 0 heterocycles. The van der Waals surface area contributed by atoms with Crippen molar-refractivity contribution in [1.29, 1.82) is 0 Å². The first-order valence-electron chi connectivity index (χ1n) is 12.2. The summed E-state index contributed by atoms with van der Waals surface area (Å²) in [5.74, 6) is -1.41. The number of benzene rings is 3. The summed E-state index contributed by atoms with van der Waals surface area (Å²) in [5.41, 5.74) is 1.57. The van der Waals surface area contributed by atoms with Crippen molar-refractivity contribution in [2.75, 3.05) is 23.7 Å². The van der Waals surface area contributed by atoms with Crippen molar-refractivity contribution < 1.29 is 22.4 Å². The minimum Gasteiger partial charge on any atom is -0.354 e. The first-order valence-corrected chi connectivity index (χ1v) is 14.4. The molecule has 7 nitrogen and oxygen atoms in total. The van der Waals surface area contributed by atoms with E-state index >= 15 is 0 Å². The molecular weight excluding hydrogens is 529 g/mol. The minimum atomic E-state index is -3.92. The second-order valence-corrected chi connectivity index (χ2v) is 11.2. The Hall–Kier alpha value is -3.43. The van der Waals surface area contributed by atoms with Crippen LogP contribution >= 0.6 is 11.6 Å². The Morgan fingerprint density at radius 1 is 0.947 bits per heavy atom. The molecule has 0 aliphatic heterocycles. The van der Waals surface area contributed by atoms with Crippen LogP contribution in [0.4, 0.5) is 10.1 Å². The van der Waals surface area contributed by atoms with Gasteiger partial charge in [0.2, 0.25) is 21.8 Å². The van der Waals surface area contributed by atoms with Gasteiger partial charge in [0, 0.05) is 19.5 Å². The van der Waals surface area contributed by atoms with E-state index in [0.717, 1.165) is 16.1 Å². The predicted molar refractivity (Wildman–Crippen MR) is 148 cm³/mol. The number of hydrogen-bond acceptors (Lipinski definition) is 4. The molecule has 0 aromatic heterocycles. The summed E-state index contributed by atoms with van der Waals surface area (Å²) in [7, 11) is -3.92. The van der Waals surface area contributed by atoms with Crippen LogP contribution < -0.4 is 9.62 Å². The van der Waals surface area contributed by atoms with Gasteiger partial charge in [0.05, 0.1) is 17.0 Å². The van der Waals surface area contributed by atoms with Crippen LogP contribution in [0.5, 0.6) is 0 Å². The quantitative estimate of drug-likeness (QED) is 0.356. The Morgan fingerprint density at radius 2 is 1.58 bits per heavy atom. The van der Waals surface area contributed by atoms with Crippen LogP contribution in [0.2, 0.25) is 5.02 Å². The van der Waals surface area contributed by atoms with Gasteiger partial charge in [0.25, 0.3) is 0 Å².